The second kappa shape index (κ2) is 14.3. The Morgan fingerprint density at radius 3 is 1.60 bits per heavy atom. The molecule has 0 aliphatic carbocycles. The van der Waals surface area contributed by atoms with Crippen LogP contribution < -0.4 is 4.90 Å². The van der Waals surface area contributed by atoms with E-state index in [0.717, 1.165) is 55.8 Å². The minimum absolute atomic E-state index is 0.866. The molecule has 0 atom stereocenters. The predicted molar refractivity (Wildman–Crippen MR) is 253 cm³/mol. The van der Waals surface area contributed by atoms with Gasteiger partial charge in [-0.3, -0.25) is 0 Å². The Balaban J connectivity index is 1.10. The van der Waals surface area contributed by atoms with Crippen molar-refractivity contribution in [1.82, 2.24) is 4.57 Å². The van der Waals surface area contributed by atoms with E-state index in [9.17, 15) is 0 Å². The van der Waals surface area contributed by atoms with E-state index in [0.29, 0.717) is 0 Å². The molecule has 9 aromatic carbocycles. The summed E-state index contributed by atoms with van der Waals surface area (Å²) in [7, 11) is 0. The van der Waals surface area contributed by atoms with Gasteiger partial charge < -0.3 is 13.9 Å². The summed E-state index contributed by atoms with van der Waals surface area (Å²) in [6.45, 7) is 6.68. The lowest BCUT2D eigenvalue weighted by molar-refractivity contribution is 0.670. The zero-order valence-electron chi connectivity index (χ0n) is 33.9. The molecule has 60 heavy (non-hydrogen) atoms. The highest BCUT2D eigenvalue weighted by atomic mass is 16.3. The number of furan rings is 1. The van der Waals surface area contributed by atoms with Crippen molar-refractivity contribution in [3.05, 3.63) is 217 Å². The maximum Gasteiger partial charge on any atom is 0.145 e. The number of para-hydroxylation sites is 3. The Kier molecular flexibility index (Phi) is 8.49. The van der Waals surface area contributed by atoms with Gasteiger partial charge in [-0.05, 0) is 132 Å². The molecule has 3 heteroatoms. The molecular formula is C57H42N2O. The van der Waals surface area contributed by atoms with E-state index in [4.69, 9.17) is 4.42 Å². The van der Waals surface area contributed by atoms with Crippen LogP contribution in [-0.4, -0.2) is 4.57 Å². The second-order valence-corrected chi connectivity index (χ2v) is 15.9. The van der Waals surface area contributed by atoms with Crippen LogP contribution in [-0.2, 0) is 0 Å². The summed E-state index contributed by atoms with van der Waals surface area (Å²) in [4.78, 5) is 2.43. The second-order valence-electron chi connectivity index (χ2n) is 15.9. The average molecular weight is 771 g/mol. The molecule has 0 aliphatic rings. The van der Waals surface area contributed by atoms with Gasteiger partial charge in [-0.1, -0.05) is 133 Å². The van der Waals surface area contributed by atoms with Gasteiger partial charge in [0.2, 0.25) is 0 Å². The van der Waals surface area contributed by atoms with Crippen LogP contribution >= 0.6 is 0 Å². The van der Waals surface area contributed by atoms with Gasteiger partial charge in [0, 0.05) is 38.8 Å². The molecular weight excluding hydrogens is 729 g/mol. The van der Waals surface area contributed by atoms with Crippen molar-refractivity contribution in [2.75, 3.05) is 4.90 Å². The lowest BCUT2D eigenvalue weighted by Gasteiger charge is -2.29. The Hall–Kier alpha value is -7.62. The topological polar surface area (TPSA) is 21.3 Å². The standard InChI is InChI=1S/C57H42N2O/c1-37-34-44(30-31-46(37)40-16-6-4-7-17-40)58(45-35-38(2)55(39(3)36-45)42-18-8-5-9-19-42)53-33-32-47(57-56(53)50-22-12-15-25-54(50)60-57)41-26-28-43(29-27-41)59-51-23-13-10-20-48(51)49-21-11-14-24-52(49)59/h4-36H,1-3H3. The van der Waals surface area contributed by atoms with E-state index >= 15 is 0 Å². The Morgan fingerprint density at radius 1 is 0.417 bits per heavy atom. The number of benzene rings is 9. The van der Waals surface area contributed by atoms with E-state index < -0.39 is 0 Å². The molecule has 286 valence electrons. The molecule has 0 saturated carbocycles. The van der Waals surface area contributed by atoms with Gasteiger partial charge in [-0.15, -0.1) is 0 Å². The summed E-state index contributed by atoms with van der Waals surface area (Å²) in [5.41, 5.74) is 19.3. The summed E-state index contributed by atoms with van der Waals surface area (Å²) >= 11 is 0. The molecule has 0 spiro atoms. The number of fused-ring (bicyclic) bond motifs is 6. The van der Waals surface area contributed by atoms with Crippen LogP contribution in [0.4, 0.5) is 17.1 Å². The summed E-state index contributed by atoms with van der Waals surface area (Å²) in [5, 5.41) is 4.68. The van der Waals surface area contributed by atoms with Crippen molar-refractivity contribution in [2.45, 2.75) is 20.8 Å². The van der Waals surface area contributed by atoms with Gasteiger partial charge in [0.05, 0.1) is 22.1 Å². The van der Waals surface area contributed by atoms with Crippen LogP contribution in [0.5, 0.6) is 0 Å². The molecule has 0 unspecified atom stereocenters. The van der Waals surface area contributed by atoms with Crippen LogP contribution in [0.2, 0.25) is 0 Å². The third-order valence-electron chi connectivity index (χ3n) is 12.2. The molecule has 3 nitrogen and oxygen atoms in total. The Labute approximate surface area is 350 Å². The number of rotatable bonds is 7. The number of hydrogen-bond acceptors (Lipinski definition) is 2. The molecule has 0 radical (unpaired) electrons. The quantitative estimate of drug-likeness (QED) is 0.161. The normalized spacial score (nSPS) is 11.6. The first-order chi connectivity index (χ1) is 29.5. The first-order valence-corrected chi connectivity index (χ1v) is 20.7. The third-order valence-corrected chi connectivity index (χ3v) is 12.2. The van der Waals surface area contributed by atoms with E-state index in [1.165, 1.54) is 60.8 Å². The smallest absolute Gasteiger partial charge is 0.145 e. The molecule has 11 rings (SSSR count). The minimum atomic E-state index is 0.866. The number of aromatic nitrogens is 1. The van der Waals surface area contributed by atoms with Crippen LogP contribution in [0.1, 0.15) is 16.7 Å². The van der Waals surface area contributed by atoms with Crippen molar-refractivity contribution in [1.29, 1.82) is 0 Å². The molecule has 0 fully saturated rings. The fourth-order valence-electron chi connectivity index (χ4n) is 9.50. The van der Waals surface area contributed by atoms with Gasteiger partial charge in [0.1, 0.15) is 11.2 Å². The van der Waals surface area contributed by atoms with Crippen LogP contribution in [0.3, 0.4) is 0 Å². The predicted octanol–water partition coefficient (Wildman–Crippen LogP) is 16.1. The van der Waals surface area contributed by atoms with Gasteiger partial charge in [-0.2, -0.15) is 0 Å². The van der Waals surface area contributed by atoms with Gasteiger partial charge in [-0.25, -0.2) is 0 Å². The van der Waals surface area contributed by atoms with E-state index in [1.807, 2.05) is 0 Å². The summed E-state index contributed by atoms with van der Waals surface area (Å²) < 4.78 is 9.28. The number of anilines is 3. The molecule has 0 N–H and O–H groups in total. The fraction of sp³-hybridized carbons (Fsp3) is 0.0526. The number of nitrogens with zero attached hydrogens (tertiary/aromatic N) is 2. The third kappa shape index (κ3) is 5.81. The minimum Gasteiger partial charge on any atom is -0.455 e. The summed E-state index contributed by atoms with van der Waals surface area (Å²) in [6, 6.07) is 72.1. The highest BCUT2D eigenvalue weighted by Crippen LogP contribution is 2.48. The largest absolute Gasteiger partial charge is 0.455 e. The lowest BCUT2D eigenvalue weighted by Crippen LogP contribution is -2.12. The lowest BCUT2D eigenvalue weighted by atomic mass is 9.94. The summed E-state index contributed by atoms with van der Waals surface area (Å²) in [5.74, 6) is 0. The zero-order valence-corrected chi connectivity index (χ0v) is 33.9. The molecule has 0 aliphatic heterocycles. The monoisotopic (exact) mass is 770 g/mol. The maximum atomic E-state index is 6.91. The first kappa shape index (κ1) is 35.5. The zero-order chi connectivity index (χ0) is 40.3. The maximum absolute atomic E-state index is 6.91. The number of hydrogen-bond donors (Lipinski definition) is 0. The van der Waals surface area contributed by atoms with Crippen molar-refractivity contribution < 1.29 is 4.42 Å². The highest BCUT2D eigenvalue weighted by molar-refractivity contribution is 6.17. The molecule has 2 heterocycles. The van der Waals surface area contributed by atoms with Crippen molar-refractivity contribution in [3.63, 3.8) is 0 Å². The first-order valence-electron chi connectivity index (χ1n) is 20.7. The highest BCUT2D eigenvalue weighted by Gasteiger charge is 2.24. The molecule has 0 bridgehead atoms. The van der Waals surface area contributed by atoms with Gasteiger partial charge in [0.15, 0.2) is 0 Å². The van der Waals surface area contributed by atoms with Crippen molar-refractivity contribution in [3.8, 4) is 39.1 Å². The number of aryl methyl sites for hydroxylation is 3. The molecule has 11 aromatic rings. The Morgan fingerprint density at radius 2 is 0.950 bits per heavy atom. The van der Waals surface area contributed by atoms with Gasteiger partial charge in [0.25, 0.3) is 0 Å². The van der Waals surface area contributed by atoms with Crippen LogP contribution in [0.15, 0.2) is 205 Å². The summed E-state index contributed by atoms with van der Waals surface area (Å²) in [6.07, 6.45) is 0. The fourth-order valence-corrected chi connectivity index (χ4v) is 9.50. The molecule has 0 amide bonds. The average Bonchev–Trinajstić information content (AvgIpc) is 3.84. The van der Waals surface area contributed by atoms with Gasteiger partial charge >= 0.3 is 0 Å². The Bertz CT molecular complexity index is 3320. The van der Waals surface area contributed by atoms with E-state index in [2.05, 4.69) is 230 Å². The van der Waals surface area contributed by atoms with E-state index in [1.54, 1.807) is 0 Å². The van der Waals surface area contributed by atoms with Crippen LogP contribution in [0, 0.1) is 20.8 Å². The van der Waals surface area contributed by atoms with Crippen molar-refractivity contribution >= 4 is 60.8 Å². The molecule has 0 saturated heterocycles. The van der Waals surface area contributed by atoms with E-state index in [-0.39, 0.29) is 0 Å². The molecule has 2 aromatic heterocycles. The van der Waals surface area contributed by atoms with Crippen molar-refractivity contribution in [2.24, 2.45) is 0 Å². The van der Waals surface area contributed by atoms with Crippen LogP contribution in [0.25, 0.3) is 82.8 Å². The SMILES string of the molecule is Cc1cc(N(c2cc(C)c(-c3ccccc3)c(C)c2)c2ccc(-c3ccc(-n4c5ccccc5c5ccccc54)cc3)c3oc4ccccc4c23)ccc1-c1ccccc1.